The van der Waals surface area contributed by atoms with Crippen molar-refractivity contribution in [2.75, 3.05) is 9.80 Å². The fourth-order valence-electron chi connectivity index (χ4n) is 6.86. The zero-order chi connectivity index (χ0) is 32.0. The van der Waals surface area contributed by atoms with E-state index in [0.29, 0.717) is 11.5 Å². The van der Waals surface area contributed by atoms with Crippen LogP contribution in [0.1, 0.15) is 5.56 Å². The maximum absolute atomic E-state index is 9.48. The molecule has 0 aliphatic rings. The second-order valence-electron chi connectivity index (χ2n) is 11.8. The monoisotopic (exact) mass is 613 g/mol. The normalized spacial score (nSPS) is 11.3. The summed E-state index contributed by atoms with van der Waals surface area (Å²) in [6.07, 6.45) is 1.90. The van der Waals surface area contributed by atoms with Crippen molar-refractivity contribution in [3.63, 3.8) is 0 Å². The number of rotatable bonds is 6. The first-order valence-electron chi connectivity index (χ1n) is 15.9. The molecule has 48 heavy (non-hydrogen) atoms. The van der Waals surface area contributed by atoms with Crippen LogP contribution in [0, 0.1) is 11.3 Å². The van der Waals surface area contributed by atoms with E-state index in [1.807, 2.05) is 79.0 Å². The van der Waals surface area contributed by atoms with E-state index in [2.05, 4.69) is 101 Å². The van der Waals surface area contributed by atoms with E-state index < -0.39 is 0 Å². The standard InChI is InChI=1S/C43H27N5/c44-27-29-15-21-35(22-16-29)47(33-10-3-1-4-11-33)39-25-19-30-18-24-37-40(26-20-31-17-23-36(39)41(30)42(31)37)48(34-12-5-2-6-13-34)43-45-28-32-9-7-8-14-38(32)46-43/h1-26,28H. The van der Waals surface area contributed by atoms with Gasteiger partial charge in [-0.25, -0.2) is 9.97 Å². The van der Waals surface area contributed by atoms with Gasteiger partial charge in [0.05, 0.1) is 28.5 Å². The lowest BCUT2D eigenvalue weighted by Crippen LogP contribution is -2.14. The summed E-state index contributed by atoms with van der Waals surface area (Å²) in [5.41, 5.74) is 6.62. The van der Waals surface area contributed by atoms with Crippen molar-refractivity contribution in [2.24, 2.45) is 0 Å². The lowest BCUT2D eigenvalue weighted by molar-refractivity contribution is 1.11. The molecule has 0 atom stereocenters. The molecule has 0 aliphatic carbocycles. The zero-order valence-corrected chi connectivity index (χ0v) is 25.8. The molecule has 5 heteroatoms. The van der Waals surface area contributed by atoms with Gasteiger partial charge in [0.15, 0.2) is 0 Å². The van der Waals surface area contributed by atoms with Gasteiger partial charge in [-0.15, -0.1) is 0 Å². The van der Waals surface area contributed by atoms with Crippen LogP contribution < -0.4 is 9.80 Å². The Balaban J connectivity index is 1.30. The van der Waals surface area contributed by atoms with Gasteiger partial charge in [0.2, 0.25) is 5.95 Å². The van der Waals surface area contributed by atoms with Gasteiger partial charge in [0, 0.05) is 39.4 Å². The Kier molecular flexibility index (Phi) is 6.45. The number of hydrogen-bond donors (Lipinski definition) is 0. The van der Waals surface area contributed by atoms with Crippen molar-refractivity contribution in [1.29, 1.82) is 5.26 Å². The van der Waals surface area contributed by atoms with Crippen LogP contribution in [-0.4, -0.2) is 9.97 Å². The molecule has 5 nitrogen and oxygen atoms in total. The number of nitrogens with zero attached hydrogens (tertiary/aromatic N) is 5. The summed E-state index contributed by atoms with van der Waals surface area (Å²) in [4.78, 5) is 14.3. The molecule has 0 spiro atoms. The van der Waals surface area contributed by atoms with Crippen LogP contribution in [0.15, 0.2) is 164 Å². The van der Waals surface area contributed by atoms with Gasteiger partial charge in [-0.1, -0.05) is 91.0 Å². The Hall–Kier alpha value is -6.77. The highest BCUT2D eigenvalue weighted by atomic mass is 15.3. The molecule has 1 aromatic heterocycles. The Morgan fingerprint density at radius 3 is 1.60 bits per heavy atom. The largest absolute Gasteiger partial charge is 0.310 e. The van der Waals surface area contributed by atoms with Crippen molar-refractivity contribution in [3.05, 3.63) is 169 Å². The second kappa shape index (κ2) is 11.2. The lowest BCUT2D eigenvalue weighted by Gasteiger charge is -2.28. The van der Waals surface area contributed by atoms with Crippen LogP contribution in [0.5, 0.6) is 0 Å². The molecule has 0 radical (unpaired) electrons. The molecule has 0 N–H and O–H groups in total. The fourth-order valence-corrected chi connectivity index (χ4v) is 6.86. The van der Waals surface area contributed by atoms with Crippen LogP contribution in [-0.2, 0) is 0 Å². The topological polar surface area (TPSA) is 56.1 Å². The molecule has 9 rings (SSSR count). The minimum atomic E-state index is 0.617. The van der Waals surface area contributed by atoms with E-state index in [9.17, 15) is 5.26 Å². The summed E-state index contributed by atoms with van der Waals surface area (Å²) >= 11 is 0. The molecular weight excluding hydrogens is 587 g/mol. The fraction of sp³-hybridized carbons (Fsp3) is 0. The maximum Gasteiger partial charge on any atom is 0.235 e. The molecule has 0 fully saturated rings. The van der Waals surface area contributed by atoms with Gasteiger partial charge in [-0.05, 0) is 88.3 Å². The molecule has 0 unspecified atom stereocenters. The van der Waals surface area contributed by atoms with Crippen molar-refractivity contribution >= 4 is 77.6 Å². The predicted octanol–water partition coefficient (Wildman–Crippen LogP) is 11.3. The molecule has 0 amide bonds. The number of benzene rings is 8. The Bertz CT molecular complexity index is 2630. The summed E-state index contributed by atoms with van der Waals surface area (Å²) in [6, 6.07) is 56.5. The van der Waals surface area contributed by atoms with E-state index in [1.165, 1.54) is 21.5 Å². The number of nitriles is 1. The summed E-state index contributed by atoms with van der Waals surface area (Å²) in [6.45, 7) is 0. The molecule has 9 aromatic rings. The molecule has 0 saturated heterocycles. The first kappa shape index (κ1) is 27.5. The smallest absolute Gasteiger partial charge is 0.235 e. The second-order valence-corrected chi connectivity index (χ2v) is 11.8. The van der Waals surface area contributed by atoms with Crippen LogP contribution >= 0.6 is 0 Å². The Labute approximate surface area is 277 Å². The summed E-state index contributed by atoms with van der Waals surface area (Å²) < 4.78 is 0. The minimum Gasteiger partial charge on any atom is -0.310 e. The third-order valence-electron chi connectivity index (χ3n) is 9.06. The summed E-state index contributed by atoms with van der Waals surface area (Å²) in [7, 11) is 0. The molecular formula is C43H27N5. The van der Waals surface area contributed by atoms with E-state index in [-0.39, 0.29) is 0 Å². The highest BCUT2D eigenvalue weighted by Crippen LogP contribution is 2.47. The third-order valence-corrected chi connectivity index (χ3v) is 9.06. The highest BCUT2D eigenvalue weighted by molar-refractivity contribution is 6.28. The predicted molar refractivity (Wildman–Crippen MR) is 197 cm³/mol. The summed E-state index contributed by atoms with van der Waals surface area (Å²) in [5.74, 6) is 0.617. The Morgan fingerprint density at radius 2 is 0.979 bits per heavy atom. The molecule has 224 valence electrons. The van der Waals surface area contributed by atoms with Crippen molar-refractivity contribution in [1.82, 2.24) is 9.97 Å². The van der Waals surface area contributed by atoms with Gasteiger partial charge in [0.25, 0.3) is 0 Å². The molecule has 1 heterocycles. The zero-order valence-electron chi connectivity index (χ0n) is 25.8. The summed E-state index contributed by atoms with van der Waals surface area (Å²) in [5, 5.41) is 17.5. The van der Waals surface area contributed by atoms with Crippen LogP contribution in [0.2, 0.25) is 0 Å². The Morgan fingerprint density at radius 1 is 0.458 bits per heavy atom. The van der Waals surface area contributed by atoms with Crippen molar-refractivity contribution in [2.45, 2.75) is 0 Å². The molecule has 8 aromatic carbocycles. The first-order valence-corrected chi connectivity index (χ1v) is 15.9. The third kappa shape index (κ3) is 4.47. The SMILES string of the molecule is N#Cc1ccc(N(c2ccccc2)c2ccc3ccc4c(N(c5ccccc5)c5ncc6ccccc6n5)ccc5ccc2c3c54)cc1. The lowest BCUT2D eigenvalue weighted by atomic mass is 9.92. The van der Waals surface area contributed by atoms with E-state index in [0.717, 1.165) is 50.1 Å². The number of hydrogen-bond acceptors (Lipinski definition) is 5. The number of para-hydroxylation sites is 3. The number of fused-ring (bicyclic) bond motifs is 1. The van der Waals surface area contributed by atoms with E-state index in [4.69, 9.17) is 9.97 Å². The maximum atomic E-state index is 9.48. The van der Waals surface area contributed by atoms with E-state index in [1.54, 1.807) is 0 Å². The van der Waals surface area contributed by atoms with Gasteiger partial charge >= 0.3 is 0 Å². The first-order chi connectivity index (χ1) is 23.8. The molecule has 0 aliphatic heterocycles. The van der Waals surface area contributed by atoms with Gasteiger partial charge < -0.3 is 4.90 Å². The van der Waals surface area contributed by atoms with Gasteiger partial charge in [-0.2, -0.15) is 5.26 Å². The minimum absolute atomic E-state index is 0.617. The van der Waals surface area contributed by atoms with Crippen LogP contribution in [0.3, 0.4) is 0 Å². The van der Waals surface area contributed by atoms with Crippen LogP contribution in [0.25, 0.3) is 43.2 Å². The average Bonchev–Trinajstić information content (AvgIpc) is 3.16. The van der Waals surface area contributed by atoms with Gasteiger partial charge in [0.1, 0.15) is 0 Å². The highest BCUT2D eigenvalue weighted by Gasteiger charge is 2.22. The number of aromatic nitrogens is 2. The molecule has 0 bridgehead atoms. The quantitative estimate of drug-likeness (QED) is 0.175. The van der Waals surface area contributed by atoms with Gasteiger partial charge in [-0.3, -0.25) is 4.90 Å². The van der Waals surface area contributed by atoms with Crippen molar-refractivity contribution in [3.8, 4) is 6.07 Å². The van der Waals surface area contributed by atoms with Crippen molar-refractivity contribution < 1.29 is 0 Å². The number of anilines is 6. The van der Waals surface area contributed by atoms with E-state index >= 15 is 0 Å². The molecule has 0 saturated carbocycles. The van der Waals surface area contributed by atoms with Crippen LogP contribution in [0.4, 0.5) is 34.4 Å². The average molecular weight is 614 g/mol.